The molecular weight excluding hydrogens is 274 g/mol. The first-order chi connectivity index (χ1) is 10.2. The lowest BCUT2D eigenvalue weighted by molar-refractivity contribution is -0.119. The highest BCUT2D eigenvalue weighted by Crippen LogP contribution is 2.23. The van der Waals surface area contributed by atoms with Crippen molar-refractivity contribution in [2.75, 3.05) is 16.9 Å². The van der Waals surface area contributed by atoms with E-state index in [4.69, 9.17) is 11.6 Å². The van der Waals surface area contributed by atoms with E-state index >= 15 is 0 Å². The Morgan fingerprint density at radius 3 is 2.81 bits per heavy atom. The zero-order chi connectivity index (χ0) is 14.8. The molecule has 10 heteroatoms. The Kier molecular flexibility index (Phi) is 3.36. The van der Waals surface area contributed by atoms with Gasteiger partial charge in [-0.2, -0.15) is 15.0 Å². The van der Waals surface area contributed by atoms with Crippen LogP contribution in [0.3, 0.4) is 0 Å². The third-order valence-corrected chi connectivity index (χ3v) is 3.31. The monoisotopic (exact) mass is 289 g/mol. The number of carbonyl (C=O) groups excluding carboxylic acids is 1. The van der Waals surface area contributed by atoms with E-state index in [0.717, 1.165) is 6.42 Å². The number of hydrogen-bond donors (Lipinski definition) is 3. The molecule has 1 amide bonds. The van der Waals surface area contributed by atoms with Crippen molar-refractivity contribution in [3.05, 3.63) is 18.7 Å². The number of imidazole rings is 1. The molecule has 1 atom stereocenters. The molecule has 0 radical (unpaired) electrons. The van der Waals surface area contributed by atoms with Crippen LogP contribution >= 0.6 is 0 Å². The molecule has 1 unspecified atom stereocenters. The molecule has 110 valence electrons. The van der Waals surface area contributed by atoms with Crippen LogP contribution in [0.4, 0.5) is 11.9 Å². The summed E-state index contributed by atoms with van der Waals surface area (Å²) < 4.78 is 1.63. The van der Waals surface area contributed by atoms with Crippen molar-refractivity contribution >= 4 is 17.8 Å². The number of hydrogen-bond acceptors (Lipinski definition) is 8. The van der Waals surface area contributed by atoms with E-state index in [1.165, 1.54) is 0 Å². The molecule has 1 saturated heterocycles. The second kappa shape index (κ2) is 5.32. The first-order valence-corrected chi connectivity index (χ1v) is 6.46. The third kappa shape index (κ3) is 2.48. The quantitative estimate of drug-likeness (QED) is 0.470. The predicted molar refractivity (Wildman–Crippen MR) is 74.3 cm³/mol. The van der Waals surface area contributed by atoms with E-state index in [2.05, 4.69) is 25.4 Å². The number of primary amides is 1. The molecule has 3 rings (SSSR count). The van der Waals surface area contributed by atoms with Crippen LogP contribution in [-0.4, -0.2) is 43.0 Å². The molecule has 0 aromatic carbocycles. The Morgan fingerprint density at radius 2 is 2.14 bits per heavy atom. The van der Waals surface area contributed by atoms with Gasteiger partial charge in [0.15, 0.2) is 0 Å². The number of hydrazine groups is 1. The van der Waals surface area contributed by atoms with Gasteiger partial charge in [-0.1, -0.05) is 0 Å². The van der Waals surface area contributed by atoms with E-state index in [1.807, 2.05) is 0 Å². The fourth-order valence-electron chi connectivity index (χ4n) is 2.34. The Hall–Kier alpha value is -2.75. The molecule has 0 aliphatic carbocycles. The van der Waals surface area contributed by atoms with E-state index < -0.39 is 6.04 Å². The molecule has 0 bridgehead atoms. The lowest BCUT2D eigenvalue weighted by atomic mass is 10.2. The van der Waals surface area contributed by atoms with Crippen LogP contribution in [0.15, 0.2) is 18.7 Å². The Balaban J connectivity index is 2.02. The number of nitrogens with zero attached hydrogens (tertiary/aromatic N) is 6. The number of nitrogens with one attached hydrogen (secondary N) is 1. The van der Waals surface area contributed by atoms with Crippen molar-refractivity contribution in [3.63, 3.8) is 0 Å². The van der Waals surface area contributed by atoms with Gasteiger partial charge in [0.1, 0.15) is 12.4 Å². The largest absolute Gasteiger partial charge is 0.368 e. The first kappa shape index (κ1) is 13.2. The standard InChI is InChI=1S/C11H15N9O/c12-8(21)7-2-1-4-20(7)11-16-9(18-13)15-10(17-11)19-5-3-14-6-19/h3,5-7H,1-2,4,13H2,(H2,12,21)(H,15,16,17,18). The number of carbonyl (C=O) groups is 1. The number of rotatable bonds is 4. The predicted octanol–water partition coefficient (Wildman–Crippen LogP) is -1.20. The fourth-order valence-corrected chi connectivity index (χ4v) is 2.34. The molecule has 3 heterocycles. The van der Waals surface area contributed by atoms with E-state index in [9.17, 15) is 4.79 Å². The maximum atomic E-state index is 11.5. The molecule has 1 fully saturated rings. The van der Waals surface area contributed by atoms with E-state index in [0.29, 0.717) is 24.9 Å². The molecule has 1 aliphatic rings. The zero-order valence-corrected chi connectivity index (χ0v) is 11.2. The molecule has 2 aromatic rings. The van der Waals surface area contributed by atoms with Gasteiger partial charge in [0.25, 0.3) is 0 Å². The molecule has 2 aromatic heterocycles. The van der Waals surface area contributed by atoms with Crippen molar-refractivity contribution in [1.29, 1.82) is 0 Å². The second-order valence-electron chi connectivity index (χ2n) is 4.63. The Labute approximate surface area is 120 Å². The normalized spacial score (nSPS) is 18.0. The van der Waals surface area contributed by atoms with Crippen LogP contribution in [0.25, 0.3) is 5.95 Å². The van der Waals surface area contributed by atoms with Crippen LogP contribution in [0.2, 0.25) is 0 Å². The summed E-state index contributed by atoms with van der Waals surface area (Å²) in [5.41, 5.74) is 7.82. The summed E-state index contributed by atoms with van der Waals surface area (Å²) in [6.07, 6.45) is 6.42. The molecule has 0 spiro atoms. The van der Waals surface area contributed by atoms with Crippen LogP contribution in [0, 0.1) is 0 Å². The average Bonchev–Trinajstić information content (AvgIpc) is 3.17. The van der Waals surface area contributed by atoms with Gasteiger partial charge >= 0.3 is 0 Å². The van der Waals surface area contributed by atoms with Crippen LogP contribution < -0.4 is 21.9 Å². The summed E-state index contributed by atoms with van der Waals surface area (Å²) in [6.45, 7) is 0.658. The number of amides is 1. The SMILES string of the molecule is NNc1nc(N2CCCC2C(N)=O)nc(-n2ccnc2)n1. The van der Waals surface area contributed by atoms with Gasteiger partial charge in [0.05, 0.1) is 0 Å². The fraction of sp³-hybridized carbons (Fsp3) is 0.364. The van der Waals surface area contributed by atoms with Crippen molar-refractivity contribution in [3.8, 4) is 5.95 Å². The summed E-state index contributed by atoms with van der Waals surface area (Å²) in [5, 5.41) is 0. The summed E-state index contributed by atoms with van der Waals surface area (Å²) in [7, 11) is 0. The topological polar surface area (TPSA) is 141 Å². The molecule has 0 saturated carbocycles. The van der Waals surface area contributed by atoms with E-state index in [-0.39, 0.29) is 11.9 Å². The second-order valence-corrected chi connectivity index (χ2v) is 4.63. The highest BCUT2D eigenvalue weighted by Gasteiger charge is 2.31. The lowest BCUT2D eigenvalue weighted by Gasteiger charge is -2.22. The minimum Gasteiger partial charge on any atom is -0.368 e. The molecule has 1 aliphatic heterocycles. The first-order valence-electron chi connectivity index (χ1n) is 6.46. The van der Waals surface area contributed by atoms with Gasteiger partial charge in [0.2, 0.25) is 23.8 Å². The van der Waals surface area contributed by atoms with Gasteiger partial charge in [-0.25, -0.2) is 10.8 Å². The van der Waals surface area contributed by atoms with Gasteiger partial charge < -0.3 is 10.6 Å². The number of nitrogens with two attached hydrogens (primary N) is 2. The average molecular weight is 289 g/mol. The van der Waals surface area contributed by atoms with Crippen molar-refractivity contribution in [2.45, 2.75) is 18.9 Å². The molecule has 5 N–H and O–H groups in total. The summed E-state index contributed by atoms with van der Waals surface area (Å²) >= 11 is 0. The summed E-state index contributed by atoms with van der Waals surface area (Å²) in [6, 6.07) is -0.409. The van der Waals surface area contributed by atoms with Gasteiger partial charge in [-0.3, -0.25) is 14.8 Å². The number of anilines is 2. The smallest absolute Gasteiger partial charge is 0.243 e. The maximum absolute atomic E-state index is 11.5. The highest BCUT2D eigenvalue weighted by molar-refractivity contribution is 5.83. The third-order valence-electron chi connectivity index (χ3n) is 3.31. The van der Waals surface area contributed by atoms with Crippen molar-refractivity contribution in [2.24, 2.45) is 11.6 Å². The molecule has 10 nitrogen and oxygen atoms in total. The Bertz CT molecular complexity index is 641. The van der Waals surface area contributed by atoms with Crippen LogP contribution in [0.1, 0.15) is 12.8 Å². The highest BCUT2D eigenvalue weighted by atomic mass is 16.1. The van der Waals surface area contributed by atoms with Gasteiger partial charge in [-0.15, -0.1) is 0 Å². The molecular formula is C11H15N9O. The summed E-state index contributed by atoms with van der Waals surface area (Å²) in [4.78, 5) is 29.9. The van der Waals surface area contributed by atoms with Gasteiger partial charge in [0, 0.05) is 18.9 Å². The minimum absolute atomic E-state index is 0.207. The van der Waals surface area contributed by atoms with Gasteiger partial charge in [-0.05, 0) is 12.8 Å². The molecule has 21 heavy (non-hydrogen) atoms. The Morgan fingerprint density at radius 1 is 1.33 bits per heavy atom. The number of nitrogen functional groups attached to an aromatic ring is 1. The minimum atomic E-state index is -0.409. The summed E-state index contributed by atoms with van der Waals surface area (Å²) in [5.74, 6) is 5.94. The van der Waals surface area contributed by atoms with Crippen molar-refractivity contribution in [1.82, 2.24) is 24.5 Å². The van der Waals surface area contributed by atoms with E-state index in [1.54, 1.807) is 28.2 Å². The number of aromatic nitrogens is 5. The lowest BCUT2D eigenvalue weighted by Crippen LogP contribution is -2.41. The zero-order valence-electron chi connectivity index (χ0n) is 11.2. The van der Waals surface area contributed by atoms with Crippen molar-refractivity contribution < 1.29 is 4.79 Å². The maximum Gasteiger partial charge on any atom is 0.243 e. The van der Waals surface area contributed by atoms with Crippen LogP contribution in [-0.2, 0) is 4.79 Å². The van der Waals surface area contributed by atoms with Crippen LogP contribution in [0.5, 0.6) is 0 Å².